The van der Waals surface area contributed by atoms with Crippen LogP contribution in [-0.2, 0) is 13.1 Å². The molecule has 0 spiro atoms. The zero-order chi connectivity index (χ0) is 15.8. The smallest absolute Gasteiger partial charge is 0.191 e. The van der Waals surface area contributed by atoms with E-state index >= 15 is 0 Å². The molecule has 0 saturated heterocycles. The molecule has 4 nitrogen and oxygen atoms in total. The molecule has 23 heavy (non-hydrogen) atoms. The molecular weight excluding hydrogens is 469 g/mol. The van der Waals surface area contributed by atoms with Gasteiger partial charge >= 0.3 is 0 Å². The minimum Gasteiger partial charge on any atom is -0.496 e. The minimum atomic E-state index is 0. The van der Waals surface area contributed by atoms with Gasteiger partial charge in [0.2, 0.25) is 0 Å². The SMILES string of the molecule is CN=C(NCc1ccccc1)NCc1ccc(OC)c(Br)c1.I. The van der Waals surface area contributed by atoms with Gasteiger partial charge in [-0.05, 0) is 39.2 Å². The second kappa shape index (κ2) is 10.5. The fourth-order valence-corrected chi connectivity index (χ4v) is 2.60. The van der Waals surface area contributed by atoms with Crippen LogP contribution < -0.4 is 15.4 Å². The van der Waals surface area contributed by atoms with E-state index in [1.807, 2.05) is 36.4 Å². The van der Waals surface area contributed by atoms with Gasteiger partial charge in [-0.1, -0.05) is 36.4 Å². The molecule has 2 rings (SSSR count). The normalized spacial score (nSPS) is 10.7. The summed E-state index contributed by atoms with van der Waals surface area (Å²) in [6, 6.07) is 16.3. The Labute approximate surface area is 162 Å². The highest BCUT2D eigenvalue weighted by atomic mass is 127. The third-order valence-electron chi connectivity index (χ3n) is 3.20. The largest absolute Gasteiger partial charge is 0.496 e. The summed E-state index contributed by atoms with van der Waals surface area (Å²) in [5.74, 6) is 1.60. The van der Waals surface area contributed by atoms with Crippen molar-refractivity contribution in [2.24, 2.45) is 4.99 Å². The summed E-state index contributed by atoms with van der Waals surface area (Å²) in [5, 5.41) is 6.59. The van der Waals surface area contributed by atoms with Gasteiger partial charge in [-0.3, -0.25) is 4.99 Å². The van der Waals surface area contributed by atoms with Crippen LogP contribution in [0.4, 0.5) is 0 Å². The summed E-state index contributed by atoms with van der Waals surface area (Å²) in [7, 11) is 3.43. The summed E-state index contributed by atoms with van der Waals surface area (Å²) in [4.78, 5) is 4.23. The van der Waals surface area contributed by atoms with Crippen LogP contribution in [0.3, 0.4) is 0 Å². The highest BCUT2D eigenvalue weighted by Crippen LogP contribution is 2.25. The van der Waals surface area contributed by atoms with E-state index in [1.165, 1.54) is 5.56 Å². The van der Waals surface area contributed by atoms with Crippen molar-refractivity contribution in [2.75, 3.05) is 14.2 Å². The average molecular weight is 490 g/mol. The third-order valence-corrected chi connectivity index (χ3v) is 3.82. The number of benzene rings is 2. The fourth-order valence-electron chi connectivity index (χ4n) is 2.01. The molecule has 0 fully saturated rings. The summed E-state index contributed by atoms with van der Waals surface area (Å²) in [6.45, 7) is 1.43. The van der Waals surface area contributed by atoms with Crippen LogP contribution in [0.5, 0.6) is 5.75 Å². The van der Waals surface area contributed by atoms with E-state index in [0.29, 0.717) is 6.54 Å². The molecule has 0 radical (unpaired) electrons. The number of aliphatic imine (C=N–C) groups is 1. The zero-order valence-electron chi connectivity index (χ0n) is 13.2. The van der Waals surface area contributed by atoms with E-state index in [4.69, 9.17) is 4.74 Å². The van der Waals surface area contributed by atoms with E-state index in [9.17, 15) is 0 Å². The van der Waals surface area contributed by atoms with Crippen LogP contribution in [0.2, 0.25) is 0 Å². The van der Waals surface area contributed by atoms with Gasteiger partial charge in [-0.2, -0.15) is 0 Å². The summed E-state index contributed by atoms with van der Waals surface area (Å²) < 4.78 is 6.18. The predicted octanol–water partition coefficient (Wildman–Crippen LogP) is 3.94. The van der Waals surface area contributed by atoms with Crippen molar-refractivity contribution in [3.05, 3.63) is 64.1 Å². The standard InChI is InChI=1S/C17H20BrN3O.HI/c1-19-17(20-11-13-6-4-3-5-7-13)21-12-14-8-9-16(22-2)15(18)10-14;/h3-10H,11-12H2,1-2H3,(H2,19,20,21);1H. The highest BCUT2D eigenvalue weighted by Gasteiger charge is 2.03. The molecule has 0 saturated carbocycles. The van der Waals surface area contributed by atoms with E-state index in [0.717, 1.165) is 28.3 Å². The molecule has 2 aromatic rings. The van der Waals surface area contributed by atoms with Crippen LogP contribution in [0, 0.1) is 0 Å². The minimum absolute atomic E-state index is 0. The van der Waals surface area contributed by atoms with Gasteiger partial charge in [-0.25, -0.2) is 0 Å². The van der Waals surface area contributed by atoms with Crippen LogP contribution in [0.15, 0.2) is 58.0 Å². The zero-order valence-corrected chi connectivity index (χ0v) is 17.1. The number of guanidine groups is 1. The molecule has 124 valence electrons. The number of halogens is 2. The van der Waals surface area contributed by atoms with Crippen LogP contribution >= 0.6 is 39.9 Å². The molecule has 0 aliphatic rings. The van der Waals surface area contributed by atoms with Crippen molar-refractivity contribution in [3.8, 4) is 5.75 Å². The van der Waals surface area contributed by atoms with Crippen molar-refractivity contribution < 1.29 is 4.74 Å². The average Bonchev–Trinajstić information content (AvgIpc) is 2.56. The van der Waals surface area contributed by atoms with Gasteiger partial charge in [0.1, 0.15) is 5.75 Å². The molecule has 0 aliphatic heterocycles. The van der Waals surface area contributed by atoms with Gasteiger partial charge in [-0.15, -0.1) is 24.0 Å². The number of ether oxygens (including phenoxy) is 1. The van der Waals surface area contributed by atoms with E-state index in [1.54, 1.807) is 14.2 Å². The Hall–Kier alpha value is -1.28. The Morgan fingerprint density at radius 1 is 1.04 bits per heavy atom. The Bertz CT molecular complexity index is 635. The Kier molecular flexibility index (Phi) is 9.01. The second-order valence-corrected chi connectivity index (χ2v) is 5.59. The number of hydrogen-bond acceptors (Lipinski definition) is 2. The summed E-state index contributed by atoms with van der Waals surface area (Å²) >= 11 is 3.49. The first-order valence-electron chi connectivity index (χ1n) is 7.04. The first kappa shape index (κ1) is 19.8. The third kappa shape index (κ3) is 6.39. The van der Waals surface area contributed by atoms with E-state index < -0.39 is 0 Å². The Morgan fingerprint density at radius 3 is 2.26 bits per heavy atom. The van der Waals surface area contributed by atoms with Crippen molar-refractivity contribution in [2.45, 2.75) is 13.1 Å². The fraction of sp³-hybridized carbons (Fsp3) is 0.235. The molecule has 0 heterocycles. The predicted molar refractivity (Wildman–Crippen MR) is 110 cm³/mol. The van der Waals surface area contributed by atoms with Gasteiger partial charge in [0.05, 0.1) is 11.6 Å². The molecule has 0 aliphatic carbocycles. The van der Waals surface area contributed by atoms with Crippen LogP contribution in [0.25, 0.3) is 0 Å². The van der Waals surface area contributed by atoms with Gasteiger partial charge in [0.15, 0.2) is 5.96 Å². The number of rotatable bonds is 5. The maximum absolute atomic E-state index is 5.23. The molecule has 0 unspecified atom stereocenters. The monoisotopic (exact) mass is 489 g/mol. The Balaban J connectivity index is 0.00000264. The molecule has 6 heteroatoms. The first-order valence-corrected chi connectivity index (χ1v) is 7.83. The maximum atomic E-state index is 5.23. The molecule has 2 N–H and O–H groups in total. The van der Waals surface area contributed by atoms with Crippen molar-refractivity contribution >= 4 is 45.9 Å². The van der Waals surface area contributed by atoms with Gasteiger partial charge < -0.3 is 15.4 Å². The molecule has 0 bridgehead atoms. The van der Waals surface area contributed by atoms with Crippen molar-refractivity contribution in [1.82, 2.24) is 10.6 Å². The molecular formula is C17H21BrIN3O. The lowest BCUT2D eigenvalue weighted by molar-refractivity contribution is 0.412. The maximum Gasteiger partial charge on any atom is 0.191 e. The number of nitrogens with zero attached hydrogens (tertiary/aromatic N) is 1. The van der Waals surface area contributed by atoms with Gasteiger partial charge in [0, 0.05) is 20.1 Å². The van der Waals surface area contributed by atoms with Crippen LogP contribution in [0.1, 0.15) is 11.1 Å². The molecule has 0 amide bonds. The van der Waals surface area contributed by atoms with Gasteiger partial charge in [0.25, 0.3) is 0 Å². The van der Waals surface area contributed by atoms with Crippen molar-refractivity contribution in [1.29, 1.82) is 0 Å². The molecule has 0 atom stereocenters. The number of nitrogens with one attached hydrogen (secondary N) is 2. The lowest BCUT2D eigenvalue weighted by Crippen LogP contribution is -2.36. The topological polar surface area (TPSA) is 45.7 Å². The van der Waals surface area contributed by atoms with Crippen LogP contribution in [-0.4, -0.2) is 20.1 Å². The lowest BCUT2D eigenvalue weighted by Gasteiger charge is -2.13. The van der Waals surface area contributed by atoms with Crippen molar-refractivity contribution in [3.63, 3.8) is 0 Å². The summed E-state index contributed by atoms with van der Waals surface area (Å²) in [5.41, 5.74) is 2.37. The number of hydrogen-bond donors (Lipinski definition) is 2. The highest BCUT2D eigenvalue weighted by molar-refractivity contribution is 14.0. The van der Waals surface area contributed by atoms with E-state index in [-0.39, 0.29) is 24.0 Å². The molecule has 0 aromatic heterocycles. The second-order valence-electron chi connectivity index (χ2n) is 4.73. The number of methoxy groups -OCH3 is 1. The quantitative estimate of drug-likeness (QED) is 0.380. The Morgan fingerprint density at radius 2 is 1.70 bits per heavy atom. The lowest BCUT2D eigenvalue weighted by atomic mass is 10.2. The van der Waals surface area contributed by atoms with E-state index in [2.05, 4.69) is 43.7 Å². The summed E-state index contributed by atoms with van der Waals surface area (Å²) in [6.07, 6.45) is 0. The first-order chi connectivity index (χ1) is 10.7. The molecule has 2 aromatic carbocycles.